The first-order valence-corrected chi connectivity index (χ1v) is 5.68. The van der Waals surface area contributed by atoms with Crippen molar-refractivity contribution in [1.82, 2.24) is 9.78 Å². The van der Waals surface area contributed by atoms with Crippen LogP contribution in [0.1, 0.15) is 13.3 Å². The molecule has 1 aliphatic heterocycles. The van der Waals surface area contributed by atoms with E-state index in [4.69, 9.17) is 9.47 Å². The molecule has 94 valence electrons. The summed E-state index contributed by atoms with van der Waals surface area (Å²) < 4.78 is 11.8. The number of nitrogens with one attached hydrogen (secondary N) is 1. The first kappa shape index (κ1) is 11.9. The number of esters is 1. The van der Waals surface area contributed by atoms with Crippen LogP contribution in [0.3, 0.4) is 0 Å². The Hall–Kier alpha value is -1.56. The summed E-state index contributed by atoms with van der Waals surface area (Å²) in [6, 6.07) is 1.56. The third-order valence-corrected chi connectivity index (χ3v) is 2.66. The molecule has 6 heteroatoms. The van der Waals surface area contributed by atoms with Gasteiger partial charge in [-0.25, -0.2) is 4.79 Å². The van der Waals surface area contributed by atoms with E-state index in [0.717, 1.165) is 0 Å². The molecule has 0 bridgehead atoms. The lowest BCUT2D eigenvalue weighted by molar-refractivity contribution is -0.141. The van der Waals surface area contributed by atoms with Gasteiger partial charge in [-0.15, -0.1) is 0 Å². The molecular weight excluding hydrogens is 222 g/mol. The first-order chi connectivity index (χ1) is 8.19. The molecule has 1 N–H and O–H groups in total. The van der Waals surface area contributed by atoms with Crippen LogP contribution in [0.2, 0.25) is 0 Å². The normalized spacial score (nSPS) is 23.8. The molecule has 2 unspecified atom stereocenters. The molecule has 0 amide bonds. The predicted molar refractivity (Wildman–Crippen MR) is 61.7 cm³/mol. The van der Waals surface area contributed by atoms with Crippen molar-refractivity contribution >= 4 is 11.8 Å². The van der Waals surface area contributed by atoms with Gasteiger partial charge in [-0.1, -0.05) is 0 Å². The topological polar surface area (TPSA) is 65.4 Å². The van der Waals surface area contributed by atoms with Crippen molar-refractivity contribution in [3.05, 3.63) is 12.3 Å². The fourth-order valence-electron chi connectivity index (χ4n) is 1.80. The number of hydrogen-bond acceptors (Lipinski definition) is 5. The summed E-state index contributed by atoms with van der Waals surface area (Å²) in [7, 11) is 1.65. The Labute approximate surface area is 99.9 Å². The molecule has 2 rings (SSSR count). The Morgan fingerprint density at radius 1 is 1.71 bits per heavy atom. The average Bonchev–Trinajstić information content (AvgIpc) is 2.84. The van der Waals surface area contributed by atoms with E-state index in [2.05, 4.69) is 10.4 Å². The summed E-state index contributed by atoms with van der Waals surface area (Å²) in [5.74, 6) is 0.487. The van der Waals surface area contributed by atoms with Crippen molar-refractivity contribution in [1.29, 1.82) is 0 Å². The molecule has 1 saturated heterocycles. The van der Waals surface area contributed by atoms with Crippen LogP contribution in [0, 0.1) is 0 Å². The maximum Gasteiger partial charge on any atom is 0.329 e. The number of anilines is 1. The van der Waals surface area contributed by atoms with E-state index in [1.165, 1.54) is 0 Å². The van der Waals surface area contributed by atoms with Crippen LogP contribution in [0.15, 0.2) is 12.3 Å². The summed E-state index contributed by atoms with van der Waals surface area (Å²) in [5.41, 5.74) is 0. The minimum Gasteiger partial charge on any atom is -0.461 e. The molecule has 1 aliphatic rings. The summed E-state index contributed by atoms with van der Waals surface area (Å²) in [4.78, 5) is 11.4. The highest BCUT2D eigenvalue weighted by molar-refractivity contribution is 5.80. The van der Waals surface area contributed by atoms with Gasteiger partial charge in [0.25, 0.3) is 0 Å². The highest BCUT2D eigenvalue weighted by Gasteiger charge is 2.31. The Morgan fingerprint density at radius 2 is 2.53 bits per heavy atom. The standard InChI is InChI=1S/C11H17N3O3/c1-8-7-9(11(15)17-8)12-10-3-4-14(13-10)5-6-16-2/h3-4,8-9H,5-7H2,1-2H3,(H,12,13). The van der Waals surface area contributed by atoms with Gasteiger partial charge in [-0.3, -0.25) is 4.68 Å². The number of rotatable bonds is 5. The molecule has 0 aromatic carbocycles. The van der Waals surface area contributed by atoms with E-state index in [-0.39, 0.29) is 18.1 Å². The lowest BCUT2D eigenvalue weighted by Crippen LogP contribution is -2.24. The monoisotopic (exact) mass is 239 g/mol. The number of methoxy groups -OCH3 is 1. The summed E-state index contributed by atoms with van der Waals surface area (Å²) in [6.45, 7) is 3.20. The number of hydrogen-bond donors (Lipinski definition) is 1. The van der Waals surface area contributed by atoms with Crippen molar-refractivity contribution in [3.8, 4) is 0 Å². The van der Waals surface area contributed by atoms with Crippen molar-refractivity contribution < 1.29 is 14.3 Å². The fourth-order valence-corrected chi connectivity index (χ4v) is 1.80. The number of nitrogens with zero attached hydrogens (tertiary/aromatic N) is 2. The van der Waals surface area contributed by atoms with Crippen LogP contribution in [-0.4, -0.2) is 41.6 Å². The van der Waals surface area contributed by atoms with E-state index >= 15 is 0 Å². The first-order valence-electron chi connectivity index (χ1n) is 5.68. The second kappa shape index (κ2) is 5.18. The van der Waals surface area contributed by atoms with Crippen LogP contribution < -0.4 is 5.32 Å². The highest BCUT2D eigenvalue weighted by Crippen LogP contribution is 2.17. The molecule has 0 saturated carbocycles. The Kier molecular flexibility index (Phi) is 3.63. The number of carbonyl (C=O) groups excluding carboxylic acids is 1. The zero-order valence-corrected chi connectivity index (χ0v) is 10.0. The number of ether oxygens (including phenoxy) is 2. The molecular formula is C11H17N3O3. The minimum atomic E-state index is -0.282. The minimum absolute atomic E-state index is 0.0180. The predicted octanol–water partition coefficient (Wildman–Crippen LogP) is 0.645. The maximum atomic E-state index is 11.4. The molecule has 0 spiro atoms. The molecule has 0 radical (unpaired) electrons. The van der Waals surface area contributed by atoms with Gasteiger partial charge in [0, 0.05) is 25.8 Å². The van der Waals surface area contributed by atoms with Crippen molar-refractivity contribution in [2.45, 2.75) is 32.0 Å². The summed E-state index contributed by atoms with van der Waals surface area (Å²) in [6.07, 6.45) is 2.52. The zero-order valence-electron chi connectivity index (χ0n) is 10.0. The van der Waals surface area contributed by atoms with Gasteiger partial charge in [0.05, 0.1) is 13.2 Å². The van der Waals surface area contributed by atoms with E-state index in [1.54, 1.807) is 11.8 Å². The number of carbonyl (C=O) groups is 1. The maximum absolute atomic E-state index is 11.4. The van der Waals surface area contributed by atoms with E-state index < -0.39 is 0 Å². The number of cyclic esters (lactones) is 1. The number of aromatic nitrogens is 2. The van der Waals surface area contributed by atoms with Gasteiger partial charge in [-0.2, -0.15) is 5.10 Å². The van der Waals surface area contributed by atoms with E-state index in [1.807, 2.05) is 19.2 Å². The van der Waals surface area contributed by atoms with Gasteiger partial charge in [-0.05, 0) is 6.92 Å². The Morgan fingerprint density at radius 3 is 3.18 bits per heavy atom. The van der Waals surface area contributed by atoms with E-state index in [0.29, 0.717) is 25.4 Å². The summed E-state index contributed by atoms with van der Waals surface area (Å²) >= 11 is 0. The molecule has 0 aliphatic carbocycles. The molecule has 1 aromatic rings. The third-order valence-electron chi connectivity index (χ3n) is 2.66. The van der Waals surface area contributed by atoms with Crippen LogP contribution in [-0.2, 0) is 20.8 Å². The Balaban J connectivity index is 1.90. The van der Waals surface area contributed by atoms with Crippen LogP contribution in [0.25, 0.3) is 0 Å². The van der Waals surface area contributed by atoms with Gasteiger partial charge >= 0.3 is 5.97 Å². The van der Waals surface area contributed by atoms with Gasteiger partial charge < -0.3 is 14.8 Å². The molecule has 6 nitrogen and oxygen atoms in total. The molecule has 17 heavy (non-hydrogen) atoms. The highest BCUT2D eigenvalue weighted by atomic mass is 16.6. The van der Waals surface area contributed by atoms with Crippen LogP contribution >= 0.6 is 0 Å². The van der Waals surface area contributed by atoms with Crippen molar-refractivity contribution in [3.63, 3.8) is 0 Å². The quantitative estimate of drug-likeness (QED) is 0.764. The second-order valence-corrected chi connectivity index (χ2v) is 4.14. The lowest BCUT2D eigenvalue weighted by Gasteiger charge is -2.06. The second-order valence-electron chi connectivity index (χ2n) is 4.14. The van der Waals surface area contributed by atoms with Crippen LogP contribution in [0.5, 0.6) is 0 Å². The van der Waals surface area contributed by atoms with Crippen molar-refractivity contribution in [2.24, 2.45) is 0 Å². The average molecular weight is 239 g/mol. The Bertz CT molecular complexity index is 391. The molecule has 1 aromatic heterocycles. The van der Waals surface area contributed by atoms with Crippen LogP contribution in [0.4, 0.5) is 5.82 Å². The molecule has 2 atom stereocenters. The van der Waals surface area contributed by atoms with E-state index in [9.17, 15) is 4.79 Å². The van der Waals surface area contributed by atoms with Crippen molar-refractivity contribution in [2.75, 3.05) is 19.0 Å². The lowest BCUT2D eigenvalue weighted by atomic mass is 10.2. The molecule has 2 heterocycles. The van der Waals surface area contributed by atoms with Gasteiger partial charge in [0.2, 0.25) is 0 Å². The molecule has 1 fully saturated rings. The SMILES string of the molecule is COCCn1ccc(NC2CC(C)OC2=O)n1. The fraction of sp³-hybridized carbons (Fsp3) is 0.636. The van der Waals surface area contributed by atoms with Gasteiger partial charge in [0.1, 0.15) is 18.0 Å². The largest absolute Gasteiger partial charge is 0.461 e. The third kappa shape index (κ3) is 2.97. The summed E-state index contributed by atoms with van der Waals surface area (Å²) in [5, 5.41) is 7.36. The van der Waals surface area contributed by atoms with Gasteiger partial charge in [0.15, 0.2) is 0 Å². The zero-order chi connectivity index (χ0) is 12.3. The smallest absolute Gasteiger partial charge is 0.329 e.